The summed E-state index contributed by atoms with van der Waals surface area (Å²) in [6.07, 6.45) is 3.71. The summed E-state index contributed by atoms with van der Waals surface area (Å²) in [5.74, 6) is 7.09. The molecular weight excluding hydrogens is 212 g/mol. The van der Waals surface area contributed by atoms with Crippen molar-refractivity contribution in [2.45, 2.75) is 46.1 Å². The Kier molecular flexibility index (Phi) is 5.77. The second-order valence-electron chi connectivity index (χ2n) is 4.52. The normalized spacial score (nSPS) is 10.6. The van der Waals surface area contributed by atoms with Gasteiger partial charge in [0.1, 0.15) is 11.6 Å². The van der Waals surface area contributed by atoms with E-state index < -0.39 is 0 Å². The molecule has 1 rings (SSSR count). The van der Waals surface area contributed by atoms with Crippen molar-refractivity contribution in [3.05, 3.63) is 18.2 Å². The third-order valence-corrected chi connectivity index (χ3v) is 2.80. The van der Waals surface area contributed by atoms with Gasteiger partial charge in [0.2, 0.25) is 0 Å². The molecule has 4 nitrogen and oxygen atoms in total. The molecule has 1 aromatic rings. The highest BCUT2D eigenvalue weighted by atomic mass is 15.3. The van der Waals surface area contributed by atoms with Crippen molar-refractivity contribution in [2.24, 2.45) is 5.84 Å². The van der Waals surface area contributed by atoms with Crippen LogP contribution in [0.25, 0.3) is 0 Å². The molecule has 0 fully saturated rings. The second kappa shape index (κ2) is 7.12. The van der Waals surface area contributed by atoms with Crippen molar-refractivity contribution in [3.63, 3.8) is 0 Å². The van der Waals surface area contributed by atoms with Crippen molar-refractivity contribution in [1.29, 1.82) is 0 Å². The van der Waals surface area contributed by atoms with Gasteiger partial charge in [-0.1, -0.05) is 25.8 Å². The number of pyridine rings is 1. The zero-order valence-electron chi connectivity index (χ0n) is 11.1. The van der Waals surface area contributed by atoms with Crippen molar-refractivity contribution in [3.8, 4) is 0 Å². The van der Waals surface area contributed by atoms with Crippen molar-refractivity contribution >= 4 is 11.6 Å². The molecule has 1 heterocycles. The van der Waals surface area contributed by atoms with Gasteiger partial charge in [-0.05, 0) is 32.4 Å². The van der Waals surface area contributed by atoms with E-state index in [2.05, 4.69) is 36.1 Å². The average molecular weight is 236 g/mol. The lowest BCUT2D eigenvalue weighted by Gasteiger charge is -2.28. The molecule has 17 heavy (non-hydrogen) atoms. The Hall–Kier alpha value is -1.29. The van der Waals surface area contributed by atoms with E-state index in [-0.39, 0.29) is 0 Å². The highest BCUT2D eigenvalue weighted by Gasteiger charge is 2.11. The van der Waals surface area contributed by atoms with Gasteiger partial charge in [-0.15, -0.1) is 0 Å². The molecule has 0 amide bonds. The first-order valence-corrected chi connectivity index (χ1v) is 6.39. The lowest BCUT2D eigenvalue weighted by molar-refractivity contribution is 0.620. The van der Waals surface area contributed by atoms with Crippen LogP contribution in [-0.2, 0) is 0 Å². The maximum absolute atomic E-state index is 5.39. The first-order chi connectivity index (χ1) is 8.19. The molecule has 0 atom stereocenters. The van der Waals surface area contributed by atoms with E-state index in [9.17, 15) is 0 Å². The van der Waals surface area contributed by atoms with Crippen LogP contribution in [0.1, 0.15) is 40.0 Å². The molecule has 1 aromatic heterocycles. The molecule has 0 saturated carbocycles. The van der Waals surface area contributed by atoms with Crippen LogP contribution >= 0.6 is 0 Å². The van der Waals surface area contributed by atoms with Gasteiger partial charge >= 0.3 is 0 Å². The number of nitrogens with one attached hydrogen (secondary N) is 1. The summed E-state index contributed by atoms with van der Waals surface area (Å²) in [5, 5.41) is 0. The number of hydrazine groups is 1. The van der Waals surface area contributed by atoms with Crippen molar-refractivity contribution in [1.82, 2.24) is 4.98 Å². The SMILES string of the molecule is CCCCCN(c1cccc(NN)n1)C(C)C. The van der Waals surface area contributed by atoms with Crippen LogP contribution in [0.2, 0.25) is 0 Å². The summed E-state index contributed by atoms with van der Waals surface area (Å²) < 4.78 is 0. The van der Waals surface area contributed by atoms with Crippen LogP contribution in [0.3, 0.4) is 0 Å². The van der Waals surface area contributed by atoms with Gasteiger partial charge in [0.15, 0.2) is 0 Å². The molecule has 0 aliphatic carbocycles. The summed E-state index contributed by atoms with van der Waals surface area (Å²) in [6.45, 7) is 7.65. The van der Waals surface area contributed by atoms with E-state index in [0.717, 1.165) is 12.4 Å². The fourth-order valence-electron chi connectivity index (χ4n) is 1.83. The zero-order valence-corrected chi connectivity index (χ0v) is 11.1. The van der Waals surface area contributed by atoms with Gasteiger partial charge in [0, 0.05) is 12.6 Å². The topological polar surface area (TPSA) is 54.2 Å². The zero-order chi connectivity index (χ0) is 12.7. The number of nitrogen functional groups attached to an aromatic ring is 1. The molecule has 4 heteroatoms. The molecule has 0 aliphatic heterocycles. The Bertz CT molecular complexity index is 325. The lowest BCUT2D eigenvalue weighted by atomic mass is 10.2. The van der Waals surface area contributed by atoms with Crippen LogP contribution in [0.4, 0.5) is 11.6 Å². The van der Waals surface area contributed by atoms with Gasteiger partial charge in [-0.25, -0.2) is 10.8 Å². The van der Waals surface area contributed by atoms with E-state index in [0.29, 0.717) is 11.9 Å². The number of rotatable bonds is 7. The minimum absolute atomic E-state index is 0.451. The molecule has 0 aromatic carbocycles. The van der Waals surface area contributed by atoms with E-state index in [1.807, 2.05) is 18.2 Å². The van der Waals surface area contributed by atoms with Gasteiger partial charge < -0.3 is 10.3 Å². The van der Waals surface area contributed by atoms with Crippen molar-refractivity contribution < 1.29 is 0 Å². The first-order valence-electron chi connectivity index (χ1n) is 6.39. The average Bonchev–Trinajstić information content (AvgIpc) is 2.34. The van der Waals surface area contributed by atoms with Crippen LogP contribution in [0.15, 0.2) is 18.2 Å². The van der Waals surface area contributed by atoms with Crippen molar-refractivity contribution in [2.75, 3.05) is 16.9 Å². The molecule has 0 unspecified atom stereocenters. The van der Waals surface area contributed by atoms with Crippen LogP contribution < -0.4 is 16.2 Å². The summed E-state index contributed by atoms with van der Waals surface area (Å²) >= 11 is 0. The molecule has 0 radical (unpaired) electrons. The molecule has 0 aliphatic rings. The summed E-state index contributed by atoms with van der Waals surface area (Å²) in [5.41, 5.74) is 2.59. The standard InChI is InChI=1S/C13H24N4/c1-4-5-6-10-17(11(2)3)13-9-7-8-12(15-13)16-14/h7-9,11H,4-6,10,14H2,1-3H3,(H,15,16). The first kappa shape index (κ1) is 13.8. The number of aromatic nitrogens is 1. The Morgan fingerprint density at radius 1 is 1.35 bits per heavy atom. The minimum Gasteiger partial charge on any atom is -0.354 e. The maximum Gasteiger partial charge on any atom is 0.142 e. The molecular formula is C13H24N4. The second-order valence-corrected chi connectivity index (χ2v) is 4.52. The molecule has 0 spiro atoms. The predicted molar refractivity (Wildman–Crippen MR) is 74.1 cm³/mol. The number of unbranched alkanes of at least 4 members (excludes halogenated alkanes) is 2. The Labute approximate surface area is 104 Å². The highest BCUT2D eigenvalue weighted by molar-refractivity contribution is 5.46. The third kappa shape index (κ3) is 4.23. The van der Waals surface area contributed by atoms with E-state index in [1.54, 1.807) is 0 Å². The summed E-state index contributed by atoms with van der Waals surface area (Å²) in [4.78, 5) is 6.80. The van der Waals surface area contributed by atoms with E-state index >= 15 is 0 Å². The van der Waals surface area contributed by atoms with Crippen LogP contribution in [-0.4, -0.2) is 17.6 Å². The Balaban J connectivity index is 2.74. The maximum atomic E-state index is 5.39. The fourth-order valence-corrected chi connectivity index (χ4v) is 1.83. The minimum atomic E-state index is 0.451. The summed E-state index contributed by atoms with van der Waals surface area (Å²) in [7, 11) is 0. The number of hydrogen-bond acceptors (Lipinski definition) is 4. The van der Waals surface area contributed by atoms with E-state index in [1.165, 1.54) is 19.3 Å². The third-order valence-electron chi connectivity index (χ3n) is 2.80. The molecule has 0 saturated heterocycles. The van der Waals surface area contributed by atoms with Gasteiger partial charge in [-0.2, -0.15) is 0 Å². The predicted octanol–water partition coefficient (Wildman–Crippen LogP) is 2.77. The smallest absolute Gasteiger partial charge is 0.142 e. The largest absolute Gasteiger partial charge is 0.354 e. The summed E-state index contributed by atoms with van der Waals surface area (Å²) in [6, 6.07) is 6.33. The number of anilines is 2. The number of nitrogens with two attached hydrogens (primary N) is 1. The van der Waals surface area contributed by atoms with Gasteiger partial charge in [-0.3, -0.25) is 0 Å². The number of hydrogen-bond donors (Lipinski definition) is 2. The van der Waals surface area contributed by atoms with Crippen LogP contribution in [0, 0.1) is 0 Å². The van der Waals surface area contributed by atoms with E-state index in [4.69, 9.17) is 5.84 Å². The van der Waals surface area contributed by atoms with Gasteiger partial charge in [0.25, 0.3) is 0 Å². The highest BCUT2D eigenvalue weighted by Crippen LogP contribution is 2.17. The quantitative estimate of drug-likeness (QED) is 0.434. The number of nitrogens with zero attached hydrogens (tertiary/aromatic N) is 2. The lowest BCUT2D eigenvalue weighted by Crippen LogP contribution is -2.32. The van der Waals surface area contributed by atoms with Gasteiger partial charge in [0.05, 0.1) is 0 Å². The Morgan fingerprint density at radius 3 is 2.71 bits per heavy atom. The van der Waals surface area contributed by atoms with Crippen LogP contribution in [0.5, 0.6) is 0 Å². The Morgan fingerprint density at radius 2 is 2.12 bits per heavy atom. The molecule has 96 valence electrons. The molecule has 3 N–H and O–H groups in total. The fraction of sp³-hybridized carbons (Fsp3) is 0.615. The monoisotopic (exact) mass is 236 g/mol. The molecule has 0 bridgehead atoms.